The molecule has 0 atom stereocenters. The Hall–Kier alpha value is -0.300. The van der Waals surface area contributed by atoms with E-state index in [1.807, 2.05) is 6.08 Å². The van der Waals surface area contributed by atoms with Gasteiger partial charge in [0.1, 0.15) is 0 Å². The summed E-state index contributed by atoms with van der Waals surface area (Å²) in [5.41, 5.74) is 0. The first-order chi connectivity index (χ1) is 13.8. The molecular weight excluding hydrogens is 340 g/mol. The van der Waals surface area contributed by atoms with Crippen molar-refractivity contribution in [1.82, 2.24) is 0 Å². The molecule has 2 saturated carbocycles. The summed E-state index contributed by atoms with van der Waals surface area (Å²) in [5.74, 6) is 4.11. The first-order valence-electron chi connectivity index (χ1n) is 13.0. The van der Waals surface area contributed by atoms with Crippen molar-refractivity contribution in [2.75, 3.05) is 13.2 Å². The lowest BCUT2D eigenvalue weighted by Gasteiger charge is -2.38. The van der Waals surface area contributed by atoms with E-state index < -0.39 is 0 Å². The normalized spacial score (nSPS) is 28.3. The zero-order valence-electron chi connectivity index (χ0n) is 19.1. The van der Waals surface area contributed by atoms with Gasteiger partial charge in [-0.25, -0.2) is 0 Å². The molecule has 164 valence electrons. The molecule has 0 saturated heterocycles. The Kier molecular flexibility index (Phi) is 13.3. The van der Waals surface area contributed by atoms with Gasteiger partial charge in [0, 0.05) is 6.61 Å². The summed E-state index contributed by atoms with van der Waals surface area (Å²) in [4.78, 5) is 0. The van der Waals surface area contributed by atoms with Crippen LogP contribution in [0.2, 0.25) is 0 Å². The molecule has 2 aliphatic rings. The third-order valence-electron chi connectivity index (χ3n) is 7.82. The first kappa shape index (κ1) is 24.0. The van der Waals surface area contributed by atoms with Gasteiger partial charge in [0.15, 0.2) is 0 Å². The number of ether oxygens (including phenoxy) is 1. The van der Waals surface area contributed by atoms with Gasteiger partial charge < -0.3 is 4.74 Å². The molecule has 0 heterocycles. The van der Waals surface area contributed by atoms with Gasteiger partial charge in [0.25, 0.3) is 0 Å². The van der Waals surface area contributed by atoms with Crippen LogP contribution in [0.5, 0.6) is 0 Å². The fraction of sp³-hybridized carbons (Fsp3) is 0.926. The van der Waals surface area contributed by atoms with Gasteiger partial charge in [-0.3, -0.25) is 0 Å². The van der Waals surface area contributed by atoms with Gasteiger partial charge in [-0.05, 0) is 55.8 Å². The van der Waals surface area contributed by atoms with E-state index in [1.54, 1.807) is 12.8 Å². The molecule has 0 unspecified atom stereocenters. The Bertz CT molecular complexity index is 360. The molecule has 0 N–H and O–H groups in total. The zero-order chi connectivity index (χ0) is 19.9. The van der Waals surface area contributed by atoms with E-state index >= 15 is 0 Å². The van der Waals surface area contributed by atoms with E-state index in [2.05, 4.69) is 13.5 Å². The third kappa shape index (κ3) is 9.95. The third-order valence-corrected chi connectivity index (χ3v) is 7.82. The van der Waals surface area contributed by atoms with Crippen molar-refractivity contribution >= 4 is 0 Å². The Balaban J connectivity index is 1.46. The molecule has 2 fully saturated rings. The minimum Gasteiger partial charge on any atom is -0.377 e. The summed E-state index contributed by atoms with van der Waals surface area (Å²) in [7, 11) is 0. The van der Waals surface area contributed by atoms with Crippen LogP contribution in [0.1, 0.15) is 122 Å². The minimum absolute atomic E-state index is 0.720. The maximum Gasteiger partial charge on any atom is 0.0644 e. The van der Waals surface area contributed by atoms with Crippen molar-refractivity contribution in [3.63, 3.8) is 0 Å². The van der Waals surface area contributed by atoms with Gasteiger partial charge in [-0.1, -0.05) is 96.5 Å². The second-order valence-electron chi connectivity index (χ2n) is 9.98. The van der Waals surface area contributed by atoms with Crippen LogP contribution < -0.4 is 0 Å². The summed E-state index contributed by atoms with van der Waals surface area (Å²) in [6, 6.07) is 0. The molecule has 0 amide bonds. The molecular formula is C27H50O. The topological polar surface area (TPSA) is 9.23 Å². The average Bonchev–Trinajstić information content (AvgIpc) is 2.74. The van der Waals surface area contributed by atoms with Crippen molar-refractivity contribution < 1.29 is 4.74 Å². The molecule has 0 aromatic heterocycles. The van der Waals surface area contributed by atoms with Crippen molar-refractivity contribution in [3.05, 3.63) is 12.7 Å². The molecule has 28 heavy (non-hydrogen) atoms. The van der Waals surface area contributed by atoms with E-state index in [1.165, 1.54) is 103 Å². The van der Waals surface area contributed by atoms with Crippen molar-refractivity contribution in [3.8, 4) is 0 Å². The lowest BCUT2D eigenvalue weighted by atomic mass is 9.68. The highest BCUT2D eigenvalue weighted by molar-refractivity contribution is 4.82. The van der Waals surface area contributed by atoms with Crippen LogP contribution in [0.4, 0.5) is 0 Å². The Morgan fingerprint density at radius 2 is 1.18 bits per heavy atom. The lowest BCUT2D eigenvalue weighted by molar-refractivity contribution is 0.110. The van der Waals surface area contributed by atoms with Crippen molar-refractivity contribution in [1.29, 1.82) is 0 Å². The molecule has 1 nitrogen and oxygen atoms in total. The van der Waals surface area contributed by atoms with Gasteiger partial charge in [-0.15, -0.1) is 6.58 Å². The molecule has 2 rings (SSSR count). The molecule has 1 heteroatoms. The van der Waals surface area contributed by atoms with Crippen LogP contribution in [0.15, 0.2) is 12.7 Å². The molecule has 0 spiro atoms. The summed E-state index contributed by atoms with van der Waals surface area (Å²) >= 11 is 0. The number of hydrogen-bond donors (Lipinski definition) is 0. The second-order valence-corrected chi connectivity index (χ2v) is 9.98. The van der Waals surface area contributed by atoms with Crippen LogP contribution in [0.3, 0.4) is 0 Å². The predicted octanol–water partition coefficient (Wildman–Crippen LogP) is 8.72. The van der Waals surface area contributed by atoms with Crippen LogP contribution in [-0.4, -0.2) is 13.2 Å². The fourth-order valence-electron chi connectivity index (χ4n) is 5.88. The van der Waals surface area contributed by atoms with E-state index in [0.717, 1.165) is 36.9 Å². The highest BCUT2D eigenvalue weighted by atomic mass is 16.5. The molecule has 0 aromatic carbocycles. The Labute approximate surface area is 177 Å². The van der Waals surface area contributed by atoms with Gasteiger partial charge in [-0.2, -0.15) is 0 Å². The summed E-state index contributed by atoms with van der Waals surface area (Å²) in [5, 5.41) is 0. The first-order valence-corrected chi connectivity index (χ1v) is 13.0. The largest absolute Gasteiger partial charge is 0.377 e. The lowest BCUT2D eigenvalue weighted by Crippen LogP contribution is -2.26. The van der Waals surface area contributed by atoms with E-state index in [-0.39, 0.29) is 0 Å². The standard InChI is InChI=1S/C27H50O/c1-3-5-6-7-8-9-10-11-12-24-13-17-26(18-14-24)27-19-15-25(16-20-27)21-23-28-22-4-2/h4,24-27H,2-3,5-23H2,1H3/t24-,25-,26-,27-. The molecule has 0 bridgehead atoms. The van der Waals surface area contributed by atoms with Crippen LogP contribution in [0.25, 0.3) is 0 Å². The average molecular weight is 391 g/mol. The SMILES string of the molecule is C=CCOCC[C@H]1CC[C@H]([C@H]2CC[C@H](CCCCCCCCCC)CC2)CC1. The minimum atomic E-state index is 0.720. The van der Waals surface area contributed by atoms with Crippen LogP contribution in [0, 0.1) is 23.7 Å². The quantitative estimate of drug-likeness (QED) is 0.201. The summed E-state index contributed by atoms with van der Waals surface area (Å²) in [6.07, 6.45) is 28.4. The van der Waals surface area contributed by atoms with Gasteiger partial charge in [0.05, 0.1) is 6.61 Å². The molecule has 0 aliphatic heterocycles. The number of unbranched alkanes of at least 4 members (excludes halogenated alkanes) is 7. The maximum absolute atomic E-state index is 5.59. The maximum atomic E-state index is 5.59. The highest BCUT2D eigenvalue weighted by Gasteiger charge is 2.30. The van der Waals surface area contributed by atoms with Gasteiger partial charge in [0.2, 0.25) is 0 Å². The van der Waals surface area contributed by atoms with Crippen molar-refractivity contribution in [2.45, 2.75) is 122 Å². The predicted molar refractivity (Wildman–Crippen MR) is 124 cm³/mol. The molecule has 2 aliphatic carbocycles. The number of rotatable bonds is 15. The summed E-state index contributed by atoms with van der Waals surface area (Å²) < 4.78 is 5.59. The highest BCUT2D eigenvalue weighted by Crippen LogP contribution is 2.42. The van der Waals surface area contributed by atoms with Gasteiger partial charge >= 0.3 is 0 Å². The smallest absolute Gasteiger partial charge is 0.0644 e. The monoisotopic (exact) mass is 390 g/mol. The van der Waals surface area contributed by atoms with E-state index in [0.29, 0.717) is 0 Å². The Morgan fingerprint density at radius 3 is 1.71 bits per heavy atom. The molecule has 0 radical (unpaired) electrons. The molecule has 0 aromatic rings. The second kappa shape index (κ2) is 15.5. The fourth-order valence-corrected chi connectivity index (χ4v) is 5.88. The van der Waals surface area contributed by atoms with Crippen LogP contribution in [-0.2, 0) is 4.74 Å². The summed E-state index contributed by atoms with van der Waals surface area (Å²) in [6.45, 7) is 7.69. The number of hydrogen-bond acceptors (Lipinski definition) is 1. The van der Waals surface area contributed by atoms with E-state index in [9.17, 15) is 0 Å². The van der Waals surface area contributed by atoms with Crippen LogP contribution >= 0.6 is 0 Å². The van der Waals surface area contributed by atoms with Crippen molar-refractivity contribution in [2.24, 2.45) is 23.7 Å². The van der Waals surface area contributed by atoms with E-state index in [4.69, 9.17) is 4.74 Å². The zero-order valence-corrected chi connectivity index (χ0v) is 19.1. The Morgan fingerprint density at radius 1 is 0.679 bits per heavy atom.